The van der Waals surface area contributed by atoms with Crippen LogP contribution < -0.4 is 19.7 Å². The number of nitrogens with one attached hydrogen (secondary N) is 1. The summed E-state index contributed by atoms with van der Waals surface area (Å²) in [5, 5.41) is 2.38. The predicted octanol–water partition coefficient (Wildman–Crippen LogP) is 6.75. The molecule has 1 fully saturated rings. The monoisotopic (exact) mass is 572 g/mol. The number of anilines is 2. The lowest BCUT2D eigenvalue weighted by molar-refractivity contribution is -0.137. The number of hydrogen-bond acceptors (Lipinski definition) is 6. The zero-order valence-corrected chi connectivity index (χ0v) is 22.7. The highest BCUT2D eigenvalue weighted by atomic mass is 32.2. The van der Waals surface area contributed by atoms with Gasteiger partial charge in [0.2, 0.25) is 0 Å². The average Bonchev–Trinajstić information content (AvgIpc) is 3.16. The minimum absolute atomic E-state index is 0.00107. The number of ether oxygens (including phenoxy) is 2. The summed E-state index contributed by atoms with van der Waals surface area (Å²) in [5.41, 5.74) is 2.64. The minimum Gasteiger partial charge on any atom is -0.493 e. The number of thiocarbonyl (C=S) groups is 1. The van der Waals surface area contributed by atoms with Crippen molar-refractivity contribution in [2.24, 2.45) is 0 Å². The molecule has 3 aromatic carbocycles. The fourth-order valence-electron chi connectivity index (χ4n) is 3.71. The average molecular weight is 573 g/mol. The SMILES string of the molecule is COc1cc(/C=C2\SC(=S)N(c3ccc(C)c(C)c3)C2=O)ccc1OCC(=O)Nc1cccc(C(F)(F)F)c1. The van der Waals surface area contributed by atoms with Crippen LogP contribution in [-0.2, 0) is 15.8 Å². The molecule has 0 radical (unpaired) electrons. The number of nitrogens with zero attached hydrogens (tertiary/aromatic N) is 1. The number of amides is 2. The topological polar surface area (TPSA) is 67.9 Å². The number of rotatable bonds is 7. The maximum atomic E-state index is 13.1. The van der Waals surface area contributed by atoms with E-state index in [1.54, 1.807) is 24.3 Å². The molecule has 39 heavy (non-hydrogen) atoms. The maximum absolute atomic E-state index is 13.1. The molecule has 0 unspecified atom stereocenters. The van der Waals surface area contributed by atoms with Gasteiger partial charge < -0.3 is 14.8 Å². The normalized spacial score (nSPS) is 14.6. The number of aryl methyl sites for hydroxylation is 2. The van der Waals surface area contributed by atoms with Gasteiger partial charge >= 0.3 is 6.18 Å². The number of carbonyl (C=O) groups excluding carboxylic acids is 2. The Morgan fingerprint density at radius 3 is 2.51 bits per heavy atom. The summed E-state index contributed by atoms with van der Waals surface area (Å²) in [6, 6.07) is 14.9. The van der Waals surface area contributed by atoms with Gasteiger partial charge in [-0.15, -0.1) is 0 Å². The van der Waals surface area contributed by atoms with E-state index in [1.165, 1.54) is 35.9 Å². The summed E-state index contributed by atoms with van der Waals surface area (Å²) in [6.45, 7) is 3.50. The molecule has 1 N–H and O–H groups in total. The number of methoxy groups -OCH3 is 1. The molecule has 0 spiro atoms. The van der Waals surface area contributed by atoms with Gasteiger partial charge in [0, 0.05) is 5.69 Å². The highest BCUT2D eigenvalue weighted by Gasteiger charge is 2.33. The van der Waals surface area contributed by atoms with Gasteiger partial charge in [-0.25, -0.2) is 0 Å². The van der Waals surface area contributed by atoms with Crippen LogP contribution >= 0.6 is 24.0 Å². The fourth-order valence-corrected chi connectivity index (χ4v) is 5.01. The maximum Gasteiger partial charge on any atom is 0.416 e. The van der Waals surface area contributed by atoms with E-state index in [9.17, 15) is 22.8 Å². The molecule has 1 aliphatic rings. The van der Waals surface area contributed by atoms with Crippen LogP contribution in [0.3, 0.4) is 0 Å². The number of alkyl halides is 3. The van der Waals surface area contributed by atoms with E-state index in [0.29, 0.717) is 26.2 Å². The van der Waals surface area contributed by atoms with Crippen LogP contribution in [0.25, 0.3) is 6.08 Å². The second kappa shape index (κ2) is 11.5. The molecule has 1 saturated heterocycles. The smallest absolute Gasteiger partial charge is 0.416 e. The molecule has 3 aromatic rings. The Labute approximate surface area is 232 Å². The minimum atomic E-state index is -4.52. The van der Waals surface area contributed by atoms with E-state index in [4.69, 9.17) is 21.7 Å². The van der Waals surface area contributed by atoms with E-state index in [1.807, 2.05) is 32.0 Å². The lowest BCUT2D eigenvalue weighted by atomic mass is 10.1. The van der Waals surface area contributed by atoms with Gasteiger partial charge in [0.05, 0.1) is 23.3 Å². The van der Waals surface area contributed by atoms with E-state index in [-0.39, 0.29) is 17.3 Å². The Morgan fingerprint density at radius 1 is 1.05 bits per heavy atom. The van der Waals surface area contributed by atoms with E-state index < -0.39 is 24.3 Å². The second-order valence-electron chi connectivity index (χ2n) is 8.61. The third-order valence-corrected chi connectivity index (χ3v) is 7.16. The third kappa shape index (κ3) is 6.61. The molecule has 202 valence electrons. The van der Waals surface area contributed by atoms with Crippen molar-refractivity contribution in [3.05, 3.63) is 87.8 Å². The molecule has 0 bridgehead atoms. The molecule has 0 aliphatic carbocycles. The first-order chi connectivity index (χ1) is 18.5. The van der Waals surface area contributed by atoms with Crippen LogP contribution in [-0.4, -0.2) is 29.9 Å². The van der Waals surface area contributed by atoms with Gasteiger partial charge in [-0.2, -0.15) is 13.2 Å². The Bertz CT molecular complexity index is 1490. The van der Waals surface area contributed by atoms with Crippen molar-refractivity contribution in [3.8, 4) is 11.5 Å². The first kappa shape index (κ1) is 28.2. The van der Waals surface area contributed by atoms with Crippen molar-refractivity contribution in [2.75, 3.05) is 23.9 Å². The van der Waals surface area contributed by atoms with E-state index in [2.05, 4.69) is 5.32 Å². The Balaban J connectivity index is 1.44. The first-order valence-electron chi connectivity index (χ1n) is 11.6. The van der Waals surface area contributed by atoms with E-state index in [0.717, 1.165) is 23.3 Å². The Hall–Kier alpha value is -3.83. The lowest BCUT2D eigenvalue weighted by Crippen LogP contribution is -2.27. The van der Waals surface area contributed by atoms with Gasteiger partial charge in [-0.3, -0.25) is 14.5 Å². The van der Waals surface area contributed by atoms with Gasteiger partial charge in [0.25, 0.3) is 11.8 Å². The van der Waals surface area contributed by atoms with Crippen LogP contribution in [0.15, 0.2) is 65.6 Å². The molecule has 0 aromatic heterocycles. The molecule has 11 heteroatoms. The number of carbonyl (C=O) groups is 2. The second-order valence-corrected chi connectivity index (χ2v) is 10.3. The van der Waals surface area contributed by atoms with Gasteiger partial charge in [-0.1, -0.05) is 42.2 Å². The first-order valence-corrected chi connectivity index (χ1v) is 12.8. The van der Waals surface area contributed by atoms with Crippen molar-refractivity contribution in [3.63, 3.8) is 0 Å². The number of halogens is 3. The molecule has 1 aliphatic heterocycles. The number of benzene rings is 3. The van der Waals surface area contributed by atoms with Crippen LogP contribution in [0.4, 0.5) is 24.5 Å². The summed E-state index contributed by atoms with van der Waals surface area (Å²) in [6.07, 6.45) is -2.83. The molecule has 0 atom stereocenters. The van der Waals surface area contributed by atoms with Crippen LogP contribution in [0.1, 0.15) is 22.3 Å². The fraction of sp³-hybridized carbons (Fsp3) is 0.179. The summed E-state index contributed by atoms with van der Waals surface area (Å²) in [7, 11) is 1.42. The zero-order chi connectivity index (χ0) is 28.3. The lowest BCUT2D eigenvalue weighted by Gasteiger charge is -2.16. The number of thioether (sulfide) groups is 1. The molecule has 1 heterocycles. The largest absolute Gasteiger partial charge is 0.493 e. The van der Waals surface area contributed by atoms with Gasteiger partial charge in [0.1, 0.15) is 0 Å². The van der Waals surface area contributed by atoms with Crippen molar-refractivity contribution < 1.29 is 32.2 Å². The molecular formula is C28H23F3N2O4S2. The van der Waals surface area contributed by atoms with E-state index >= 15 is 0 Å². The van der Waals surface area contributed by atoms with Gasteiger partial charge in [0.15, 0.2) is 22.4 Å². The Kier molecular flexibility index (Phi) is 8.31. The van der Waals surface area contributed by atoms with Crippen molar-refractivity contribution in [1.29, 1.82) is 0 Å². The molecule has 6 nitrogen and oxygen atoms in total. The van der Waals surface area contributed by atoms with Crippen LogP contribution in [0.5, 0.6) is 11.5 Å². The summed E-state index contributed by atoms with van der Waals surface area (Å²) < 4.78 is 50.0. The van der Waals surface area contributed by atoms with Crippen molar-refractivity contribution >= 4 is 57.6 Å². The third-order valence-electron chi connectivity index (χ3n) is 5.86. The molecule has 0 saturated carbocycles. The predicted molar refractivity (Wildman–Crippen MR) is 150 cm³/mol. The molecule has 2 amide bonds. The van der Waals surface area contributed by atoms with Gasteiger partial charge in [-0.05, 0) is 79.1 Å². The van der Waals surface area contributed by atoms with Crippen LogP contribution in [0.2, 0.25) is 0 Å². The zero-order valence-electron chi connectivity index (χ0n) is 21.1. The highest BCUT2D eigenvalue weighted by Crippen LogP contribution is 2.38. The standard InChI is InChI=1S/C28H23F3N2O4S2/c1-16-7-9-21(11-17(16)2)33-26(35)24(39-27(33)38)13-18-8-10-22(23(12-18)36-3)37-15-25(34)32-20-6-4-5-19(14-20)28(29,30)31/h4-14H,15H2,1-3H3,(H,32,34)/b24-13-. The van der Waals surface area contributed by atoms with Crippen LogP contribution in [0, 0.1) is 13.8 Å². The number of hydrogen-bond donors (Lipinski definition) is 1. The summed E-state index contributed by atoms with van der Waals surface area (Å²) >= 11 is 6.65. The van der Waals surface area contributed by atoms with Crippen molar-refractivity contribution in [2.45, 2.75) is 20.0 Å². The Morgan fingerprint density at radius 2 is 1.82 bits per heavy atom. The highest BCUT2D eigenvalue weighted by molar-refractivity contribution is 8.27. The molecule has 4 rings (SSSR count). The quantitative estimate of drug-likeness (QED) is 0.250. The summed E-state index contributed by atoms with van der Waals surface area (Å²) in [4.78, 5) is 27.3. The summed E-state index contributed by atoms with van der Waals surface area (Å²) in [5.74, 6) is -0.328. The van der Waals surface area contributed by atoms with Crippen molar-refractivity contribution in [1.82, 2.24) is 0 Å². The molecular weight excluding hydrogens is 549 g/mol.